The molecule has 1 aromatic carbocycles. The zero-order chi connectivity index (χ0) is 17.5. The summed E-state index contributed by atoms with van der Waals surface area (Å²) in [5.74, 6) is 0.139. The summed E-state index contributed by atoms with van der Waals surface area (Å²) in [4.78, 5) is 12.2. The van der Waals surface area contributed by atoms with Gasteiger partial charge in [-0.05, 0) is 18.7 Å². The van der Waals surface area contributed by atoms with Gasteiger partial charge >= 0.3 is 0 Å². The quantitative estimate of drug-likeness (QED) is 0.560. The second kappa shape index (κ2) is 8.59. The molecule has 0 aliphatic heterocycles. The fraction of sp³-hybridized carbons (Fsp3) is 0.500. The molecular weight excluding hydrogens is 322 g/mol. The predicted octanol–water partition coefficient (Wildman–Crippen LogP) is 0.415. The third-order valence-corrected chi connectivity index (χ3v) is 3.46. The van der Waals surface area contributed by atoms with E-state index in [0.29, 0.717) is 13.1 Å². The number of amides is 1. The third kappa shape index (κ3) is 5.95. The fourth-order valence-electron chi connectivity index (χ4n) is 1.91. The van der Waals surface area contributed by atoms with E-state index in [1.807, 2.05) is 6.92 Å². The predicted molar refractivity (Wildman–Crippen MR) is 88.9 cm³/mol. The van der Waals surface area contributed by atoms with Crippen LogP contribution in [-0.4, -0.2) is 54.4 Å². The van der Waals surface area contributed by atoms with Crippen molar-refractivity contribution in [1.29, 1.82) is 0 Å². The van der Waals surface area contributed by atoms with E-state index in [-0.39, 0.29) is 28.7 Å². The van der Waals surface area contributed by atoms with E-state index in [1.54, 1.807) is 0 Å². The van der Waals surface area contributed by atoms with Crippen LogP contribution in [0.15, 0.2) is 12.1 Å². The summed E-state index contributed by atoms with van der Waals surface area (Å²) in [6.45, 7) is 3.88. The van der Waals surface area contributed by atoms with Crippen molar-refractivity contribution in [3.63, 3.8) is 0 Å². The molecule has 0 saturated carbocycles. The normalized spacial score (nSPS) is 11.0. The first-order valence-electron chi connectivity index (χ1n) is 7.05. The molecule has 9 heteroatoms. The monoisotopic (exact) mass is 345 g/mol. The van der Waals surface area contributed by atoms with Crippen LogP contribution in [0.5, 0.6) is 11.5 Å². The second-order valence-corrected chi connectivity index (χ2v) is 6.49. The lowest BCUT2D eigenvalue weighted by Gasteiger charge is -2.15. The van der Waals surface area contributed by atoms with Crippen LogP contribution < -0.4 is 24.8 Å². The lowest BCUT2D eigenvalue weighted by atomic mass is 10.1. The molecule has 23 heavy (non-hydrogen) atoms. The Morgan fingerprint density at radius 2 is 1.87 bits per heavy atom. The topological polar surface area (TPSA) is 106 Å². The van der Waals surface area contributed by atoms with Gasteiger partial charge < -0.3 is 20.1 Å². The van der Waals surface area contributed by atoms with Gasteiger partial charge in [-0.15, -0.1) is 0 Å². The van der Waals surface area contributed by atoms with Crippen molar-refractivity contribution in [1.82, 2.24) is 10.6 Å². The Hall–Kier alpha value is -2.00. The summed E-state index contributed by atoms with van der Waals surface area (Å²) in [7, 11) is -0.727. The lowest BCUT2D eigenvalue weighted by molar-refractivity contribution is 0.0953. The average Bonchev–Trinajstić information content (AvgIpc) is 2.48. The number of benzene rings is 1. The molecule has 0 aliphatic rings. The SMILES string of the molecule is CCNCCNC(=O)c1cc(NS(C)(=O)=O)c(OC)c(OC)c1. The molecule has 1 aromatic rings. The maximum absolute atomic E-state index is 12.2. The molecule has 0 aliphatic carbocycles. The first-order chi connectivity index (χ1) is 10.8. The smallest absolute Gasteiger partial charge is 0.251 e. The Bertz CT molecular complexity index is 646. The highest BCUT2D eigenvalue weighted by atomic mass is 32.2. The Kier molecular flexibility index (Phi) is 7.11. The van der Waals surface area contributed by atoms with Gasteiger partial charge in [-0.25, -0.2) is 8.42 Å². The molecule has 0 saturated heterocycles. The standard InChI is InChI=1S/C14H23N3O5S/c1-5-15-6-7-16-14(18)10-8-11(17-23(4,19)20)13(22-3)12(9-10)21-2/h8-9,15,17H,5-7H2,1-4H3,(H,16,18). The van der Waals surface area contributed by atoms with Crippen LogP contribution in [0.1, 0.15) is 17.3 Å². The number of likely N-dealkylation sites (N-methyl/N-ethyl adjacent to an activating group) is 1. The number of rotatable bonds is 9. The van der Waals surface area contributed by atoms with Crippen LogP contribution in [0.4, 0.5) is 5.69 Å². The zero-order valence-electron chi connectivity index (χ0n) is 13.7. The maximum atomic E-state index is 12.2. The number of hydrogen-bond donors (Lipinski definition) is 3. The van der Waals surface area contributed by atoms with Gasteiger partial charge in [0.2, 0.25) is 10.0 Å². The van der Waals surface area contributed by atoms with Gasteiger partial charge in [-0.3, -0.25) is 9.52 Å². The van der Waals surface area contributed by atoms with E-state index in [9.17, 15) is 13.2 Å². The molecule has 0 unspecified atom stereocenters. The number of hydrogen-bond acceptors (Lipinski definition) is 6. The Labute approximate surface area is 136 Å². The first kappa shape index (κ1) is 19.0. The molecule has 0 aromatic heterocycles. The minimum absolute atomic E-state index is 0.145. The maximum Gasteiger partial charge on any atom is 0.251 e. The van der Waals surface area contributed by atoms with Crippen molar-refractivity contribution in [2.24, 2.45) is 0 Å². The van der Waals surface area contributed by atoms with Crippen molar-refractivity contribution in [2.45, 2.75) is 6.92 Å². The number of carbonyl (C=O) groups is 1. The fourth-order valence-corrected chi connectivity index (χ4v) is 2.47. The first-order valence-corrected chi connectivity index (χ1v) is 8.94. The summed E-state index contributed by atoms with van der Waals surface area (Å²) >= 11 is 0. The van der Waals surface area contributed by atoms with Crippen molar-refractivity contribution in [2.75, 3.05) is 44.8 Å². The van der Waals surface area contributed by atoms with Crippen LogP contribution in [0.3, 0.4) is 0 Å². The molecule has 0 heterocycles. The summed E-state index contributed by atoms with van der Waals surface area (Å²) in [5, 5.41) is 5.82. The van der Waals surface area contributed by atoms with E-state index in [2.05, 4.69) is 15.4 Å². The molecule has 1 amide bonds. The van der Waals surface area contributed by atoms with Gasteiger partial charge in [0.05, 0.1) is 26.2 Å². The van der Waals surface area contributed by atoms with E-state index in [0.717, 1.165) is 12.8 Å². The minimum atomic E-state index is -3.53. The van der Waals surface area contributed by atoms with E-state index in [1.165, 1.54) is 26.4 Å². The van der Waals surface area contributed by atoms with Crippen molar-refractivity contribution < 1.29 is 22.7 Å². The number of anilines is 1. The molecule has 130 valence electrons. The summed E-state index contributed by atoms with van der Waals surface area (Å²) in [6.07, 6.45) is 1.02. The number of ether oxygens (including phenoxy) is 2. The molecule has 8 nitrogen and oxygen atoms in total. The Morgan fingerprint density at radius 1 is 1.17 bits per heavy atom. The van der Waals surface area contributed by atoms with Crippen molar-refractivity contribution in [3.05, 3.63) is 17.7 Å². The molecule has 3 N–H and O–H groups in total. The van der Waals surface area contributed by atoms with Gasteiger partial charge in [0.25, 0.3) is 5.91 Å². The van der Waals surface area contributed by atoms with Crippen LogP contribution in [0.25, 0.3) is 0 Å². The van der Waals surface area contributed by atoms with Crippen LogP contribution >= 0.6 is 0 Å². The highest BCUT2D eigenvalue weighted by Gasteiger charge is 2.18. The van der Waals surface area contributed by atoms with Gasteiger partial charge in [0.15, 0.2) is 11.5 Å². The summed E-state index contributed by atoms with van der Waals surface area (Å²) in [5.41, 5.74) is 0.413. The largest absolute Gasteiger partial charge is 0.493 e. The highest BCUT2D eigenvalue weighted by molar-refractivity contribution is 7.92. The van der Waals surface area contributed by atoms with Gasteiger partial charge in [-0.2, -0.15) is 0 Å². The highest BCUT2D eigenvalue weighted by Crippen LogP contribution is 2.37. The number of carbonyl (C=O) groups excluding carboxylic acids is 1. The average molecular weight is 345 g/mol. The van der Waals surface area contributed by atoms with E-state index < -0.39 is 10.0 Å². The molecule has 0 atom stereocenters. The van der Waals surface area contributed by atoms with Crippen molar-refractivity contribution in [3.8, 4) is 11.5 Å². The summed E-state index contributed by atoms with van der Waals surface area (Å²) < 4.78 is 35.6. The van der Waals surface area contributed by atoms with Crippen LogP contribution in [0, 0.1) is 0 Å². The number of methoxy groups -OCH3 is 2. The zero-order valence-corrected chi connectivity index (χ0v) is 14.5. The number of sulfonamides is 1. The van der Waals surface area contributed by atoms with Gasteiger partial charge in [-0.1, -0.05) is 6.92 Å². The van der Waals surface area contributed by atoms with Gasteiger partial charge in [0, 0.05) is 18.7 Å². The minimum Gasteiger partial charge on any atom is -0.493 e. The summed E-state index contributed by atoms with van der Waals surface area (Å²) in [6, 6.07) is 2.90. The van der Waals surface area contributed by atoms with Gasteiger partial charge in [0.1, 0.15) is 0 Å². The molecule has 0 fully saturated rings. The Morgan fingerprint density at radius 3 is 2.39 bits per heavy atom. The lowest BCUT2D eigenvalue weighted by Crippen LogP contribution is -2.31. The number of nitrogens with one attached hydrogen (secondary N) is 3. The molecule has 0 bridgehead atoms. The van der Waals surface area contributed by atoms with Crippen molar-refractivity contribution >= 4 is 21.6 Å². The van der Waals surface area contributed by atoms with E-state index in [4.69, 9.17) is 9.47 Å². The second-order valence-electron chi connectivity index (χ2n) is 4.74. The van der Waals surface area contributed by atoms with Crippen LogP contribution in [-0.2, 0) is 10.0 Å². The molecule has 1 rings (SSSR count). The van der Waals surface area contributed by atoms with Crippen LogP contribution in [0.2, 0.25) is 0 Å². The third-order valence-electron chi connectivity index (χ3n) is 2.87. The molecular formula is C14H23N3O5S. The molecule has 0 radical (unpaired) electrons. The van der Waals surface area contributed by atoms with E-state index >= 15 is 0 Å². The Balaban J connectivity index is 3.08. The molecule has 0 spiro atoms.